The van der Waals surface area contributed by atoms with E-state index in [9.17, 15) is 9.59 Å². The van der Waals surface area contributed by atoms with Crippen molar-refractivity contribution in [1.29, 1.82) is 0 Å². The average Bonchev–Trinajstić information content (AvgIpc) is 2.89. The summed E-state index contributed by atoms with van der Waals surface area (Å²) in [6.45, 7) is 4.30. The van der Waals surface area contributed by atoms with Crippen LogP contribution in [0.15, 0.2) is 18.2 Å². The highest BCUT2D eigenvalue weighted by atomic mass is 16.4. The SMILES string of the molecule is Cc1cccc(C)c1NC(=O)NCC1CCCC1C(=O)O. The second kappa shape index (κ2) is 6.61. The Morgan fingerprint density at radius 1 is 1.24 bits per heavy atom. The number of amides is 2. The molecule has 0 spiro atoms. The lowest BCUT2D eigenvalue weighted by Crippen LogP contribution is -2.36. The van der Waals surface area contributed by atoms with Gasteiger partial charge in [0.2, 0.25) is 0 Å². The molecule has 5 nitrogen and oxygen atoms in total. The molecule has 2 unspecified atom stereocenters. The van der Waals surface area contributed by atoms with E-state index in [0.717, 1.165) is 29.7 Å². The van der Waals surface area contributed by atoms with E-state index in [1.54, 1.807) is 0 Å². The number of hydrogen-bond donors (Lipinski definition) is 3. The van der Waals surface area contributed by atoms with Gasteiger partial charge in [-0.3, -0.25) is 4.79 Å². The first kappa shape index (κ1) is 15.4. The molecule has 21 heavy (non-hydrogen) atoms. The Balaban J connectivity index is 1.89. The number of urea groups is 1. The van der Waals surface area contributed by atoms with Crippen molar-refractivity contribution in [2.75, 3.05) is 11.9 Å². The molecule has 1 aromatic carbocycles. The van der Waals surface area contributed by atoms with Gasteiger partial charge in [-0.2, -0.15) is 0 Å². The third kappa shape index (κ3) is 3.74. The van der Waals surface area contributed by atoms with Crippen LogP contribution in [0.3, 0.4) is 0 Å². The van der Waals surface area contributed by atoms with Gasteiger partial charge >= 0.3 is 12.0 Å². The molecule has 2 amide bonds. The number of aliphatic carboxylic acids is 1. The number of carboxylic acid groups (broad SMARTS) is 1. The Hall–Kier alpha value is -2.04. The van der Waals surface area contributed by atoms with Crippen molar-refractivity contribution in [1.82, 2.24) is 5.32 Å². The lowest BCUT2D eigenvalue weighted by Gasteiger charge is -2.17. The van der Waals surface area contributed by atoms with Crippen LogP contribution >= 0.6 is 0 Å². The molecule has 0 aromatic heterocycles. The topological polar surface area (TPSA) is 78.4 Å². The molecule has 0 bridgehead atoms. The summed E-state index contributed by atoms with van der Waals surface area (Å²) in [6.07, 6.45) is 2.49. The molecule has 0 saturated heterocycles. The van der Waals surface area contributed by atoms with Crippen LogP contribution in [0.1, 0.15) is 30.4 Å². The van der Waals surface area contributed by atoms with Crippen molar-refractivity contribution in [3.63, 3.8) is 0 Å². The first-order valence-corrected chi connectivity index (χ1v) is 7.33. The van der Waals surface area contributed by atoms with E-state index in [2.05, 4.69) is 10.6 Å². The molecule has 1 aliphatic carbocycles. The van der Waals surface area contributed by atoms with Gasteiger partial charge < -0.3 is 15.7 Å². The van der Waals surface area contributed by atoms with Gasteiger partial charge in [0.15, 0.2) is 0 Å². The first-order valence-electron chi connectivity index (χ1n) is 7.33. The van der Waals surface area contributed by atoms with Crippen LogP contribution in [-0.4, -0.2) is 23.7 Å². The molecule has 5 heteroatoms. The normalized spacial score (nSPS) is 21.0. The molecule has 0 radical (unpaired) electrons. The number of para-hydroxylation sites is 1. The van der Waals surface area contributed by atoms with Crippen LogP contribution in [0.4, 0.5) is 10.5 Å². The quantitative estimate of drug-likeness (QED) is 0.797. The Bertz CT molecular complexity index is 522. The average molecular weight is 290 g/mol. The maximum Gasteiger partial charge on any atom is 0.319 e. The molecule has 1 saturated carbocycles. The summed E-state index contributed by atoms with van der Waals surface area (Å²) in [5.41, 5.74) is 2.83. The summed E-state index contributed by atoms with van der Waals surface area (Å²) in [4.78, 5) is 23.1. The first-order chi connectivity index (χ1) is 9.99. The number of rotatable bonds is 4. The van der Waals surface area contributed by atoms with E-state index < -0.39 is 5.97 Å². The summed E-state index contributed by atoms with van der Waals surface area (Å²) in [5, 5.41) is 14.8. The molecule has 2 atom stereocenters. The Labute approximate surface area is 124 Å². The van der Waals surface area contributed by atoms with E-state index >= 15 is 0 Å². The van der Waals surface area contributed by atoms with Crippen LogP contribution in [0, 0.1) is 25.7 Å². The summed E-state index contributed by atoms with van der Waals surface area (Å²) >= 11 is 0. The fourth-order valence-electron chi connectivity index (χ4n) is 3.00. The van der Waals surface area contributed by atoms with Crippen molar-refractivity contribution in [2.24, 2.45) is 11.8 Å². The van der Waals surface area contributed by atoms with Crippen LogP contribution in [0.25, 0.3) is 0 Å². The number of anilines is 1. The van der Waals surface area contributed by atoms with Crippen LogP contribution < -0.4 is 10.6 Å². The Kier molecular flexibility index (Phi) is 4.83. The van der Waals surface area contributed by atoms with Gasteiger partial charge in [-0.05, 0) is 43.7 Å². The van der Waals surface area contributed by atoms with Gasteiger partial charge in [0.1, 0.15) is 0 Å². The minimum atomic E-state index is -0.755. The van der Waals surface area contributed by atoms with Gasteiger partial charge in [-0.15, -0.1) is 0 Å². The summed E-state index contributed by atoms with van der Waals surface area (Å²) in [6, 6.07) is 5.56. The van der Waals surface area contributed by atoms with Crippen LogP contribution in [0.5, 0.6) is 0 Å². The number of benzene rings is 1. The fourth-order valence-corrected chi connectivity index (χ4v) is 3.00. The number of carbonyl (C=O) groups excluding carboxylic acids is 1. The van der Waals surface area contributed by atoms with Crippen molar-refractivity contribution >= 4 is 17.7 Å². The molecular weight excluding hydrogens is 268 g/mol. The van der Waals surface area contributed by atoms with E-state index in [0.29, 0.717) is 13.0 Å². The molecule has 114 valence electrons. The predicted molar refractivity (Wildman–Crippen MR) is 81.4 cm³/mol. The van der Waals surface area contributed by atoms with Gasteiger partial charge in [-0.25, -0.2) is 4.79 Å². The van der Waals surface area contributed by atoms with E-state index in [1.165, 1.54) is 0 Å². The largest absolute Gasteiger partial charge is 0.481 e. The second-order valence-electron chi connectivity index (χ2n) is 5.74. The molecular formula is C16H22N2O3. The van der Waals surface area contributed by atoms with Crippen molar-refractivity contribution in [3.8, 4) is 0 Å². The third-order valence-corrected chi connectivity index (χ3v) is 4.22. The number of aryl methyl sites for hydroxylation is 2. The second-order valence-corrected chi connectivity index (χ2v) is 5.74. The maximum atomic E-state index is 12.0. The van der Waals surface area contributed by atoms with E-state index in [4.69, 9.17) is 5.11 Å². The highest BCUT2D eigenvalue weighted by Gasteiger charge is 2.32. The minimum Gasteiger partial charge on any atom is -0.481 e. The smallest absolute Gasteiger partial charge is 0.319 e. The summed E-state index contributed by atoms with van der Waals surface area (Å²) in [5.74, 6) is -1.05. The molecule has 3 N–H and O–H groups in total. The lowest BCUT2D eigenvalue weighted by atomic mass is 9.96. The zero-order chi connectivity index (χ0) is 15.4. The standard InChI is InChI=1S/C16H22N2O3/c1-10-5-3-6-11(2)14(10)18-16(21)17-9-12-7-4-8-13(12)15(19)20/h3,5-6,12-13H,4,7-9H2,1-2H3,(H,19,20)(H2,17,18,21). The van der Waals surface area contributed by atoms with E-state index in [1.807, 2.05) is 32.0 Å². The Morgan fingerprint density at radius 3 is 2.52 bits per heavy atom. The number of carboxylic acids is 1. The molecule has 1 aromatic rings. The van der Waals surface area contributed by atoms with Crippen LogP contribution in [-0.2, 0) is 4.79 Å². The van der Waals surface area contributed by atoms with Crippen molar-refractivity contribution < 1.29 is 14.7 Å². The molecule has 0 aliphatic heterocycles. The van der Waals surface area contributed by atoms with Crippen LogP contribution in [0.2, 0.25) is 0 Å². The Morgan fingerprint density at radius 2 is 1.90 bits per heavy atom. The third-order valence-electron chi connectivity index (χ3n) is 4.22. The molecule has 1 aliphatic rings. The molecule has 1 fully saturated rings. The predicted octanol–water partition coefficient (Wildman–Crippen LogP) is 2.93. The highest BCUT2D eigenvalue weighted by Crippen LogP contribution is 2.31. The van der Waals surface area contributed by atoms with Gasteiger partial charge in [0.05, 0.1) is 5.92 Å². The van der Waals surface area contributed by atoms with Gasteiger partial charge in [-0.1, -0.05) is 24.6 Å². The zero-order valence-corrected chi connectivity index (χ0v) is 12.5. The van der Waals surface area contributed by atoms with Gasteiger partial charge in [0.25, 0.3) is 0 Å². The maximum absolute atomic E-state index is 12.0. The molecule has 0 heterocycles. The number of carbonyl (C=O) groups is 2. The minimum absolute atomic E-state index is 0.0335. The summed E-state index contributed by atoms with van der Waals surface area (Å²) < 4.78 is 0. The monoisotopic (exact) mass is 290 g/mol. The van der Waals surface area contributed by atoms with Crippen molar-refractivity contribution in [2.45, 2.75) is 33.1 Å². The number of hydrogen-bond acceptors (Lipinski definition) is 2. The van der Waals surface area contributed by atoms with E-state index in [-0.39, 0.29) is 17.9 Å². The zero-order valence-electron chi connectivity index (χ0n) is 12.5. The number of nitrogens with one attached hydrogen (secondary N) is 2. The molecule has 2 rings (SSSR count). The highest BCUT2D eigenvalue weighted by molar-refractivity contribution is 5.91. The van der Waals surface area contributed by atoms with Crippen molar-refractivity contribution in [3.05, 3.63) is 29.3 Å². The van der Waals surface area contributed by atoms with Gasteiger partial charge in [0, 0.05) is 12.2 Å². The lowest BCUT2D eigenvalue weighted by molar-refractivity contribution is -0.142. The summed E-state index contributed by atoms with van der Waals surface area (Å²) in [7, 11) is 0. The fraction of sp³-hybridized carbons (Fsp3) is 0.500.